The second-order valence-electron chi connectivity index (χ2n) is 6.22. The van der Waals surface area contributed by atoms with Crippen molar-refractivity contribution in [2.45, 2.75) is 45.7 Å². The molecule has 0 amide bonds. The summed E-state index contributed by atoms with van der Waals surface area (Å²) in [5.74, 6) is 0. The number of nitrogens with zero attached hydrogens (tertiary/aromatic N) is 3. The highest BCUT2D eigenvalue weighted by Crippen LogP contribution is 2.27. The Morgan fingerprint density at radius 2 is 1.86 bits per heavy atom. The van der Waals surface area contributed by atoms with Crippen molar-refractivity contribution in [3.05, 3.63) is 35.5 Å². The smallest absolute Gasteiger partial charge is 0.104 e. The molecule has 5 nitrogen and oxygen atoms in total. The molecule has 2 aromatic rings. The van der Waals surface area contributed by atoms with Gasteiger partial charge in [0.25, 0.3) is 0 Å². The maximum absolute atomic E-state index is 8.99. The van der Waals surface area contributed by atoms with Crippen LogP contribution in [0.2, 0.25) is 0 Å². The average Bonchev–Trinajstić information content (AvgIpc) is 2.87. The van der Waals surface area contributed by atoms with E-state index in [1.165, 1.54) is 5.56 Å². The first-order chi connectivity index (χ1) is 9.97. The standard InChI is InChI=1S/C16H24N4O/c1-16(2,3)13-7-5-12(6-8-13)15-14(11-17)18-19-20(15)9-4-10-21/h5-8,21H,4,9-11,17H2,1-3H3. The Bertz CT molecular complexity index is 581. The van der Waals surface area contributed by atoms with Crippen LogP contribution in [0.4, 0.5) is 0 Å². The second kappa shape index (κ2) is 6.37. The van der Waals surface area contributed by atoms with Crippen molar-refractivity contribution in [2.75, 3.05) is 6.61 Å². The largest absolute Gasteiger partial charge is 0.396 e. The summed E-state index contributed by atoms with van der Waals surface area (Å²) in [6.07, 6.45) is 0.653. The predicted molar refractivity (Wildman–Crippen MR) is 83.8 cm³/mol. The molecule has 1 aromatic heterocycles. The minimum atomic E-state index is 0.130. The number of hydrogen-bond acceptors (Lipinski definition) is 4. The normalized spacial score (nSPS) is 11.9. The molecule has 2 rings (SSSR count). The Balaban J connectivity index is 2.38. The van der Waals surface area contributed by atoms with Crippen molar-refractivity contribution < 1.29 is 5.11 Å². The molecule has 1 aromatic carbocycles. The molecule has 1 heterocycles. The van der Waals surface area contributed by atoms with Gasteiger partial charge in [-0.25, -0.2) is 4.68 Å². The molecule has 0 saturated heterocycles. The molecule has 0 unspecified atom stereocenters. The molecular weight excluding hydrogens is 264 g/mol. The van der Waals surface area contributed by atoms with Gasteiger partial charge in [0.2, 0.25) is 0 Å². The summed E-state index contributed by atoms with van der Waals surface area (Å²) < 4.78 is 1.82. The molecule has 0 spiro atoms. The van der Waals surface area contributed by atoms with Gasteiger partial charge in [-0.05, 0) is 17.4 Å². The van der Waals surface area contributed by atoms with Crippen molar-refractivity contribution in [3.8, 4) is 11.3 Å². The van der Waals surface area contributed by atoms with Gasteiger partial charge in [-0.1, -0.05) is 50.3 Å². The van der Waals surface area contributed by atoms with Crippen LogP contribution in [0, 0.1) is 0 Å². The monoisotopic (exact) mass is 288 g/mol. The van der Waals surface area contributed by atoms with Crippen LogP contribution in [0.1, 0.15) is 38.4 Å². The minimum Gasteiger partial charge on any atom is -0.396 e. The molecule has 5 heteroatoms. The number of aromatic nitrogens is 3. The van der Waals surface area contributed by atoms with E-state index in [0.29, 0.717) is 19.5 Å². The zero-order valence-electron chi connectivity index (χ0n) is 13.0. The van der Waals surface area contributed by atoms with Gasteiger partial charge in [0.1, 0.15) is 5.69 Å². The number of rotatable bonds is 5. The minimum absolute atomic E-state index is 0.130. The number of aryl methyl sites for hydroxylation is 1. The molecule has 21 heavy (non-hydrogen) atoms. The molecule has 0 aliphatic heterocycles. The van der Waals surface area contributed by atoms with E-state index >= 15 is 0 Å². The van der Waals surface area contributed by atoms with Crippen LogP contribution in [-0.4, -0.2) is 26.7 Å². The van der Waals surface area contributed by atoms with Crippen LogP contribution in [0.15, 0.2) is 24.3 Å². The molecular formula is C16H24N4O. The van der Waals surface area contributed by atoms with Crippen LogP contribution < -0.4 is 5.73 Å². The van der Waals surface area contributed by atoms with Crippen molar-refractivity contribution in [2.24, 2.45) is 5.73 Å². The maximum atomic E-state index is 8.99. The lowest BCUT2D eigenvalue weighted by atomic mass is 9.86. The Morgan fingerprint density at radius 3 is 2.38 bits per heavy atom. The molecule has 0 atom stereocenters. The Kier molecular flexibility index (Phi) is 4.75. The number of benzene rings is 1. The fourth-order valence-electron chi connectivity index (χ4n) is 2.31. The number of hydrogen-bond donors (Lipinski definition) is 2. The van der Waals surface area contributed by atoms with Crippen molar-refractivity contribution in [1.82, 2.24) is 15.0 Å². The van der Waals surface area contributed by atoms with Gasteiger partial charge in [-0.3, -0.25) is 0 Å². The quantitative estimate of drug-likeness (QED) is 0.883. The first kappa shape index (κ1) is 15.7. The third kappa shape index (κ3) is 3.49. The van der Waals surface area contributed by atoms with Crippen molar-refractivity contribution in [3.63, 3.8) is 0 Å². The highest BCUT2D eigenvalue weighted by atomic mass is 16.3. The van der Waals surface area contributed by atoms with E-state index in [0.717, 1.165) is 17.0 Å². The SMILES string of the molecule is CC(C)(C)c1ccc(-c2c(CN)nnn2CCCO)cc1. The van der Waals surface area contributed by atoms with Gasteiger partial charge >= 0.3 is 0 Å². The number of nitrogens with two attached hydrogens (primary N) is 1. The third-order valence-electron chi connectivity index (χ3n) is 3.55. The molecule has 0 saturated carbocycles. The summed E-state index contributed by atoms with van der Waals surface area (Å²) in [7, 11) is 0. The van der Waals surface area contributed by atoms with E-state index in [1.807, 2.05) is 4.68 Å². The molecule has 0 bridgehead atoms. The lowest BCUT2D eigenvalue weighted by molar-refractivity contribution is 0.276. The van der Waals surface area contributed by atoms with E-state index < -0.39 is 0 Å². The van der Waals surface area contributed by atoms with Gasteiger partial charge in [0, 0.05) is 25.3 Å². The molecule has 0 aliphatic rings. The summed E-state index contributed by atoms with van der Waals surface area (Å²) in [6.45, 7) is 7.72. The zero-order valence-corrected chi connectivity index (χ0v) is 13.0. The topological polar surface area (TPSA) is 77.0 Å². The fraction of sp³-hybridized carbons (Fsp3) is 0.500. The summed E-state index contributed by atoms with van der Waals surface area (Å²) in [5, 5.41) is 17.3. The predicted octanol–water partition coefficient (Wildman–Crippen LogP) is 2.08. The van der Waals surface area contributed by atoms with Crippen LogP contribution >= 0.6 is 0 Å². The lowest BCUT2D eigenvalue weighted by Crippen LogP contribution is -2.11. The Hall–Kier alpha value is -1.72. The number of aliphatic hydroxyl groups is 1. The van der Waals surface area contributed by atoms with Crippen LogP contribution in [-0.2, 0) is 18.5 Å². The second-order valence-corrected chi connectivity index (χ2v) is 6.22. The highest BCUT2D eigenvalue weighted by Gasteiger charge is 2.16. The van der Waals surface area contributed by atoms with E-state index in [-0.39, 0.29) is 12.0 Å². The summed E-state index contributed by atoms with van der Waals surface area (Å²) >= 11 is 0. The Morgan fingerprint density at radius 1 is 1.19 bits per heavy atom. The summed E-state index contributed by atoms with van der Waals surface area (Å²) in [5.41, 5.74) is 9.98. The van der Waals surface area contributed by atoms with Gasteiger partial charge in [-0.15, -0.1) is 5.10 Å². The first-order valence-electron chi connectivity index (χ1n) is 7.31. The Labute approximate surface area is 125 Å². The van der Waals surface area contributed by atoms with E-state index in [9.17, 15) is 0 Å². The van der Waals surface area contributed by atoms with Gasteiger partial charge in [0.05, 0.1) is 5.69 Å². The van der Waals surface area contributed by atoms with Gasteiger partial charge in [-0.2, -0.15) is 0 Å². The zero-order chi connectivity index (χ0) is 15.5. The highest BCUT2D eigenvalue weighted by molar-refractivity contribution is 5.62. The van der Waals surface area contributed by atoms with E-state index in [1.54, 1.807) is 0 Å². The third-order valence-corrected chi connectivity index (χ3v) is 3.55. The van der Waals surface area contributed by atoms with Crippen LogP contribution in [0.25, 0.3) is 11.3 Å². The fourth-order valence-corrected chi connectivity index (χ4v) is 2.31. The molecule has 3 N–H and O–H groups in total. The van der Waals surface area contributed by atoms with Crippen LogP contribution in [0.3, 0.4) is 0 Å². The van der Waals surface area contributed by atoms with Gasteiger partial charge < -0.3 is 10.8 Å². The number of aliphatic hydroxyl groups excluding tert-OH is 1. The van der Waals surface area contributed by atoms with E-state index in [2.05, 4.69) is 55.3 Å². The molecule has 0 aliphatic carbocycles. The maximum Gasteiger partial charge on any atom is 0.104 e. The lowest BCUT2D eigenvalue weighted by Gasteiger charge is -2.19. The van der Waals surface area contributed by atoms with Crippen LogP contribution in [0.5, 0.6) is 0 Å². The van der Waals surface area contributed by atoms with Crippen molar-refractivity contribution >= 4 is 0 Å². The summed E-state index contributed by atoms with van der Waals surface area (Å²) in [6, 6.07) is 8.46. The molecule has 114 valence electrons. The van der Waals surface area contributed by atoms with E-state index in [4.69, 9.17) is 10.8 Å². The molecule has 0 fully saturated rings. The first-order valence-corrected chi connectivity index (χ1v) is 7.31. The van der Waals surface area contributed by atoms with Gasteiger partial charge in [0.15, 0.2) is 0 Å². The molecule has 0 radical (unpaired) electrons. The van der Waals surface area contributed by atoms with Crippen molar-refractivity contribution in [1.29, 1.82) is 0 Å². The average molecular weight is 288 g/mol. The summed E-state index contributed by atoms with van der Waals surface area (Å²) in [4.78, 5) is 0.